The largest absolute Gasteiger partial charge is 0.278 e. The van der Waals surface area contributed by atoms with E-state index >= 15 is 0 Å². The normalized spacial score (nSPS) is 11.3. The molecule has 19 heavy (non-hydrogen) atoms. The maximum Gasteiger partial charge on any atom is 0.263 e. The fourth-order valence-electron chi connectivity index (χ4n) is 1.42. The summed E-state index contributed by atoms with van der Waals surface area (Å²) in [4.78, 5) is 4.22. The summed E-state index contributed by atoms with van der Waals surface area (Å²) >= 11 is 6.49. The van der Waals surface area contributed by atoms with Crippen LogP contribution in [-0.2, 0) is 10.0 Å². The van der Waals surface area contributed by atoms with Crippen LogP contribution in [0.2, 0.25) is 0 Å². The van der Waals surface area contributed by atoms with Gasteiger partial charge in [-0.15, -0.1) is 0 Å². The number of benzene rings is 1. The van der Waals surface area contributed by atoms with Crippen molar-refractivity contribution in [1.29, 1.82) is 0 Å². The lowest BCUT2D eigenvalue weighted by molar-refractivity contribution is 0.600. The van der Waals surface area contributed by atoms with Crippen molar-refractivity contribution in [1.82, 2.24) is 4.98 Å². The molecule has 1 heterocycles. The summed E-state index contributed by atoms with van der Waals surface area (Å²) in [6.07, 6.45) is 1.48. The van der Waals surface area contributed by atoms with Crippen molar-refractivity contribution in [2.45, 2.75) is 11.8 Å². The molecule has 1 aromatic heterocycles. The minimum Gasteiger partial charge on any atom is -0.278 e. The Morgan fingerprint density at radius 1 is 1.16 bits per heavy atom. The molecule has 0 saturated heterocycles. The van der Waals surface area contributed by atoms with Crippen molar-refractivity contribution in [2.24, 2.45) is 0 Å². The summed E-state index contributed by atoms with van der Waals surface area (Å²) in [7, 11) is -3.65. The van der Waals surface area contributed by atoms with Gasteiger partial charge >= 0.3 is 0 Å². The fraction of sp³-hybridized carbons (Fsp3) is 0.0833. The number of rotatable bonds is 3. The van der Waals surface area contributed by atoms with Gasteiger partial charge in [-0.25, -0.2) is 8.42 Å². The number of pyridine rings is 1. The van der Waals surface area contributed by atoms with Gasteiger partial charge < -0.3 is 0 Å². The van der Waals surface area contributed by atoms with Crippen LogP contribution in [-0.4, -0.2) is 13.4 Å². The van der Waals surface area contributed by atoms with Crippen LogP contribution in [0, 0.1) is 6.92 Å². The van der Waals surface area contributed by atoms with E-state index in [1.165, 1.54) is 12.3 Å². The molecule has 4 nitrogen and oxygen atoms in total. The number of sulfonamides is 1. The molecule has 0 saturated carbocycles. The molecule has 2 aromatic rings. The number of halogens is 2. The highest BCUT2D eigenvalue weighted by Gasteiger charge is 2.18. The Bertz CT molecular complexity index is 700. The highest BCUT2D eigenvalue weighted by atomic mass is 79.9. The second-order valence-corrected chi connectivity index (χ2v) is 7.29. The Kier molecular flexibility index (Phi) is 4.27. The van der Waals surface area contributed by atoms with Crippen LogP contribution < -0.4 is 4.72 Å². The Morgan fingerprint density at radius 3 is 2.53 bits per heavy atom. The van der Waals surface area contributed by atoms with Gasteiger partial charge in [-0.2, -0.15) is 0 Å². The number of hydrogen-bond donors (Lipinski definition) is 1. The molecular formula is C12H10Br2N2O2S. The lowest BCUT2D eigenvalue weighted by Crippen LogP contribution is -2.13. The second-order valence-electron chi connectivity index (χ2n) is 3.87. The van der Waals surface area contributed by atoms with Crippen LogP contribution in [0.15, 0.2) is 50.4 Å². The number of nitrogens with one attached hydrogen (secondary N) is 1. The highest BCUT2D eigenvalue weighted by molar-refractivity contribution is 9.11. The molecule has 0 amide bonds. The van der Waals surface area contributed by atoms with Gasteiger partial charge in [-0.1, -0.05) is 15.9 Å². The second kappa shape index (κ2) is 5.60. The van der Waals surface area contributed by atoms with Crippen molar-refractivity contribution in [3.63, 3.8) is 0 Å². The summed E-state index contributed by atoms with van der Waals surface area (Å²) in [6, 6.07) is 8.39. The van der Waals surface area contributed by atoms with Gasteiger partial charge in [0.05, 0.1) is 11.9 Å². The van der Waals surface area contributed by atoms with Crippen LogP contribution in [0.4, 0.5) is 5.69 Å². The topological polar surface area (TPSA) is 59.1 Å². The third-order valence-corrected chi connectivity index (χ3v) is 5.21. The smallest absolute Gasteiger partial charge is 0.263 e. The quantitative estimate of drug-likeness (QED) is 0.846. The first-order chi connectivity index (χ1) is 8.88. The summed E-state index contributed by atoms with van der Waals surface area (Å²) < 4.78 is 28.2. The van der Waals surface area contributed by atoms with E-state index in [1.54, 1.807) is 24.3 Å². The third-order valence-electron chi connectivity index (χ3n) is 2.35. The molecule has 0 bridgehead atoms. The zero-order valence-corrected chi connectivity index (χ0v) is 13.9. The van der Waals surface area contributed by atoms with Crippen molar-refractivity contribution in [3.05, 3.63) is 51.2 Å². The van der Waals surface area contributed by atoms with E-state index in [2.05, 4.69) is 41.6 Å². The Labute approximate surface area is 128 Å². The number of aromatic nitrogens is 1. The highest BCUT2D eigenvalue weighted by Crippen LogP contribution is 2.27. The summed E-state index contributed by atoms with van der Waals surface area (Å²) in [5, 5.41) is 0. The van der Waals surface area contributed by atoms with Gasteiger partial charge in [0.2, 0.25) is 0 Å². The summed E-state index contributed by atoms with van der Waals surface area (Å²) in [5.74, 6) is 0. The molecule has 7 heteroatoms. The Hall–Kier alpha value is -0.920. The van der Waals surface area contributed by atoms with E-state index in [9.17, 15) is 8.42 Å². The van der Waals surface area contributed by atoms with Crippen LogP contribution in [0.1, 0.15) is 5.69 Å². The first-order valence-electron chi connectivity index (χ1n) is 5.29. The monoisotopic (exact) mass is 404 g/mol. The molecule has 100 valence electrons. The molecule has 1 aromatic carbocycles. The molecule has 0 radical (unpaired) electrons. The molecule has 0 unspecified atom stereocenters. The Balaban J connectivity index is 2.37. The molecule has 0 aliphatic rings. The maximum absolute atomic E-state index is 12.3. The Morgan fingerprint density at radius 2 is 1.89 bits per heavy atom. The summed E-state index contributed by atoms with van der Waals surface area (Å²) in [5.41, 5.74) is 1.25. The van der Waals surface area contributed by atoms with E-state index in [1.807, 2.05) is 6.92 Å². The lowest BCUT2D eigenvalue weighted by atomic mass is 10.4. The minimum atomic E-state index is -3.65. The molecule has 0 spiro atoms. The van der Waals surface area contributed by atoms with Gasteiger partial charge in [-0.05, 0) is 53.2 Å². The molecule has 0 fully saturated rings. The van der Waals surface area contributed by atoms with E-state index in [0.717, 1.165) is 5.69 Å². The van der Waals surface area contributed by atoms with Crippen LogP contribution in [0.5, 0.6) is 0 Å². The predicted molar refractivity (Wildman–Crippen MR) is 81.6 cm³/mol. The zero-order chi connectivity index (χ0) is 14.0. The SMILES string of the molecule is Cc1ccc(NS(=O)(=O)c2cc(Br)ccc2Br)cn1. The van der Waals surface area contributed by atoms with Crippen LogP contribution in [0.25, 0.3) is 0 Å². The first kappa shape index (κ1) is 14.5. The predicted octanol–water partition coefficient (Wildman–Crippen LogP) is 3.72. The molecule has 1 N–H and O–H groups in total. The maximum atomic E-state index is 12.3. The molecule has 0 aliphatic heterocycles. The van der Waals surface area contributed by atoms with Crippen molar-refractivity contribution < 1.29 is 8.42 Å². The van der Waals surface area contributed by atoms with Gasteiger partial charge in [-0.3, -0.25) is 9.71 Å². The third kappa shape index (κ3) is 3.55. The number of hydrogen-bond acceptors (Lipinski definition) is 3. The van der Waals surface area contributed by atoms with Crippen molar-refractivity contribution in [2.75, 3.05) is 4.72 Å². The molecule has 0 aliphatic carbocycles. The standard InChI is InChI=1S/C12H10Br2N2O2S/c1-8-2-4-10(7-15-8)16-19(17,18)12-6-9(13)3-5-11(12)14/h2-7,16H,1H3. The molecule has 2 rings (SSSR count). The van der Waals surface area contributed by atoms with Gasteiger partial charge in [0.25, 0.3) is 10.0 Å². The number of aryl methyl sites for hydroxylation is 1. The summed E-state index contributed by atoms with van der Waals surface area (Å²) in [6.45, 7) is 1.84. The zero-order valence-electron chi connectivity index (χ0n) is 9.89. The lowest BCUT2D eigenvalue weighted by Gasteiger charge is -2.09. The first-order valence-corrected chi connectivity index (χ1v) is 8.36. The van der Waals surface area contributed by atoms with Crippen LogP contribution in [0.3, 0.4) is 0 Å². The number of anilines is 1. The fourth-order valence-corrected chi connectivity index (χ4v) is 3.97. The molecule has 0 atom stereocenters. The van der Waals surface area contributed by atoms with E-state index < -0.39 is 10.0 Å². The average Bonchev–Trinajstić information content (AvgIpc) is 2.35. The van der Waals surface area contributed by atoms with Crippen molar-refractivity contribution >= 4 is 47.6 Å². The van der Waals surface area contributed by atoms with E-state index in [4.69, 9.17) is 0 Å². The van der Waals surface area contributed by atoms with Gasteiger partial charge in [0.15, 0.2) is 0 Å². The van der Waals surface area contributed by atoms with Crippen molar-refractivity contribution in [3.8, 4) is 0 Å². The van der Waals surface area contributed by atoms with Gasteiger partial charge in [0.1, 0.15) is 4.90 Å². The minimum absolute atomic E-state index is 0.169. The number of nitrogens with zero attached hydrogens (tertiary/aromatic N) is 1. The van der Waals surface area contributed by atoms with E-state index in [-0.39, 0.29) is 4.90 Å². The molecular weight excluding hydrogens is 396 g/mol. The van der Waals surface area contributed by atoms with Gasteiger partial charge in [0, 0.05) is 14.6 Å². The average molecular weight is 406 g/mol. The van der Waals surface area contributed by atoms with Crippen LogP contribution >= 0.6 is 31.9 Å². The van der Waals surface area contributed by atoms with E-state index in [0.29, 0.717) is 14.6 Å².